The Morgan fingerprint density at radius 2 is 1.20 bits per heavy atom. The molecular formula is CH4O4Si4Zn-. The molecule has 0 spiro atoms. The average molecular weight is 258 g/mol. The first kappa shape index (κ1) is 17.4. The van der Waals surface area contributed by atoms with Crippen LogP contribution in [0.5, 0.6) is 0 Å². The molecule has 0 amide bonds. The zero-order valence-electron chi connectivity index (χ0n) is 5.38. The van der Waals surface area contributed by atoms with E-state index in [4.69, 9.17) is 4.80 Å². The Labute approximate surface area is 84.5 Å². The zero-order chi connectivity index (χ0) is 6.62. The molecule has 0 saturated heterocycles. The van der Waals surface area contributed by atoms with Gasteiger partial charge >= 0.3 is 9.05 Å². The minimum Gasteiger partial charge on any atom is -0.395 e. The van der Waals surface area contributed by atoms with Crippen molar-refractivity contribution in [2.75, 3.05) is 0 Å². The van der Waals surface area contributed by atoms with Crippen molar-refractivity contribution in [2.24, 2.45) is 0 Å². The molecule has 0 aliphatic carbocycles. The van der Waals surface area contributed by atoms with Gasteiger partial charge in [-0.3, -0.25) is 0 Å². The van der Waals surface area contributed by atoms with Gasteiger partial charge in [-0.15, -0.1) is 0 Å². The van der Waals surface area contributed by atoms with Gasteiger partial charge in [-0.1, -0.05) is 0 Å². The van der Waals surface area contributed by atoms with E-state index in [1.165, 1.54) is 0 Å². The summed E-state index contributed by atoms with van der Waals surface area (Å²) in [7, 11) is 4.18. The Morgan fingerprint density at radius 3 is 1.20 bits per heavy atom. The average Bonchev–Trinajstić information content (AvgIpc) is 1.87. The molecule has 0 saturated carbocycles. The topological polar surface area (TPSA) is 47.9 Å². The monoisotopic (exact) mass is 256 g/mol. The van der Waals surface area contributed by atoms with Crippen molar-refractivity contribution in [1.29, 1.82) is 0 Å². The molecule has 1 N–H and O–H groups in total. The van der Waals surface area contributed by atoms with Crippen LogP contribution in [-0.4, -0.2) is 45.3 Å². The van der Waals surface area contributed by atoms with Crippen LogP contribution in [0.1, 0.15) is 0 Å². The number of hydrogen-bond donors (Lipinski definition) is 1. The molecule has 0 heterocycles. The standard InChI is InChI=1S/CH3.HO4Si4.Zn/c;1-8(2-5,3-6)4-7;/h1H3;1H;/q-1;;. The van der Waals surface area contributed by atoms with E-state index < -0.39 is 9.05 Å². The van der Waals surface area contributed by atoms with Gasteiger partial charge in [0.1, 0.15) is 0 Å². The third-order valence-electron chi connectivity index (χ3n) is 0.387. The summed E-state index contributed by atoms with van der Waals surface area (Å²) < 4.78 is 12.6. The van der Waals surface area contributed by atoms with Gasteiger partial charge in [-0.05, 0) is 0 Å². The normalized spacial score (nSPS) is 9.60. The largest absolute Gasteiger partial charge is 0.644 e. The van der Waals surface area contributed by atoms with Gasteiger partial charge in [0.25, 0.3) is 0 Å². The Kier molecular flexibility index (Phi) is 14.7. The van der Waals surface area contributed by atoms with Crippen molar-refractivity contribution in [3.05, 3.63) is 7.43 Å². The molecule has 9 radical (unpaired) electrons. The molecule has 10 heavy (non-hydrogen) atoms. The molecule has 0 bridgehead atoms. The molecule has 0 fully saturated rings. The van der Waals surface area contributed by atoms with Crippen molar-refractivity contribution in [3.8, 4) is 0 Å². The summed E-state index contributed by atoms with van der Waals surface area (Å²) in [5.41, 5.74) is 0. The van der Waals surface area contributed by atoms with Crippen LogP contribution in [0.4, 0.5) is 0 Å². The Morgan fingerprint density at radius 1 is 1.00 bits per heavy atom. The van der Waals surface area contributed by atoms with Gasteiger partial charge in [0.05, 0.1) is 0 Å². The summed E-state index contributed by atoms with van der Waals surface area (Å²) in [5, 5.41) is 0. The number of hydrogen-bond acceptors (Lipinski definition) is 4. The Hall–Kier alpha value is 1.33. The Bertz CT molecular complexity index is 60.0. The van der Waals surface area contributed by atoms with Crippen molar-refractivity contribution in [3.63, 3.8) is 0 Å². The predicted molar refractivity (Wildman–Crippen MR) is 34.9 cm³/mol. The SMILES string of the molecule is O[Si](O[Si])(O[Si])O[Si].[CH3-].[Zn]. The molecule has 0 aromatic heterocycles. The van der Waals surface area contributed by atoms with E-state index in [1.54, 1.807) is 0 Å². The van der Waals surface area contributed by atoms with Crippen molar-refractivity contribution in [1.82, 2.24) is 0 Å². The molecule has 51 valence electrons. The van der Waals surface area contributed by atoms with Crippen LogP contribution >= 0.6 is 0 Å². The Balaban J connectivity index is -0.000000245. The second kappa shape index (κ2) is 8.43. The van der Waals surface area contributed by atoms with Crippen LogP contribution in [0, 0.1) is 7.43 Å². The summed E-state index contributed by atoms with van der Waals surface area (Å²) in [6.45, 7) is 0. The van der Waals surface area contributed by atoms with E-state index >= 15 is 0 Å². The zero-order valence-corrected chi connectivity index (χ0v) is 12.3. The smallest absolute Gasteiger partial charge is 0.395 e. The van der Waals surface area contributed by atoms with Crippen molar-refractivity contribution < 1.29 is 36.6 Å². The molecule has 0 unspecified atom stereocenters. The van der Waals surface area contributed by atoms with E-state index in [0.717, 1.165) is 0 Å². The number of rotatable bonds is 3. The first-order chi connectivity index (χ1) is 3.68. The third kappa shape index (κ3) is 6.07. The first-order valence-corrected chi connectivity index (χ1v) is 4.35. The molecule has 0 rings (SSSR count). The van der Waals surface area contributed by atoms with Crippen LogP contribution in [0.15, 0.2) is 0 Å². The first-order valence-electron chi connectivity index (χ1n) is 1.45. The van der Waals surface area contributed by atoms with Crippen molar-refractivity contribution in [2.45, 2.75) is 0 Å². The van der Waals surface area contributed by atoms with Gasteiger partial charge in [-0.25, -0.2) is 0 Å². The second-order valence-electron chi connectivity index (χ2n) is 0.830. The van der Waals surface area contributed by atoms with Gasteiger partial charge in [0.2, 0.25) is 31.5 Å². The fraction of sp³-hybridized carbons (Fsp3) is 0. The fourth-order valence-electron chi connectivity index (χ4n) is 0.0625. The molecule has 9 heteroatoms. The van der Waals surface area contributed by atoms with Crippen LogP contribution in [-0.2, 0) is 31.8 Å². The summed E-state index contributed by atoms with van der Waals surface area (Å²) >= 11 is 0. The molecular weight excluding hydrogens is 254 g/mol. The quantitative estimate of drug-likeness (QED) is 0.477. The van der Waals surface area contributed by atoms with Gasteiger partial charge in [0.15, 0.2) is 0 Å². The maximum atomic E-state index is 8.76. The van der Waals surface area contributed by atoms with Gasteiger partial charge in [-0.2, -0.15) is 0 Å². The van der Waals surface area contributed by atoms with Crippen LogP contribution in [0.2, 0.25) is 0 Å². The third-order valence-corrected chi connectivity index (χ3v) is 3.48. The molecule has 0 aliphatic heterocycles. The molecule has 4 nitrogen and oxygen atoms in total. The van der Waals surface area contributed by atoms with Gasteiger partial charge < -0.3 is 24.6 Å². The van der Waals surface area contributed by atoms with Gasteiger partial charge in [0, 0.05) is 19.5 Å². The summed E-state index contributed by atoms with van der Waals surface area (Å²) in [5.74, 6) is 0. The molecule has 0 aliphatic rings. The van der Waals surface area contributed by atoms with E-state index in [9.17, 15) is 0 Å². The second-order valence-corrected chi connectivity index (χ2v) is 4.33. The van der Waals surface area contributed by atoms with Crippen LogP contribution in [0.3, 0.4) is 0 Å². The maximum Gasteiger partial charge on any atom is 0.644 e. The van der Waals surface area contributed by atoms with E-state index in [0.29, 0.717) is 0 Å². The van der Waals surface area contributed by atoms with E-state index in [2.05, 4.69) is 43.8 Å². The van der Waals surface area contributed by atoms with Crippen molar-refractivity contribution >= 4 is 40.5 Å². The summed E-state index contributed by atoms with van der Waals surface area (Å²) in [6, 6.07) is 0. The summed E-state index contributed by atoms with van der Waals surface area (Å²) in [4.78, 5) is 8.76. The van der Waals surface area contributed by atoms with E-state index in [-0.39, 0.29) is 26.9 Å². The predicted octanol–water partition coefficient (Wildman–Crippen LogP) is -1.84. The molecule has 0 atom stereocenters. The van der Waals surface area contributed by atoms with Crippen LogP contribution in [0.25, 0.3) is 0 Å². The fourth-order valence-corrected chi connectivity index (χ4v) is 1.69. The summed E-state index contributed by atoms with van der Waals surface area (Å²) in [6.07, 6.45) is 0. The minimum absolute atomic E-state index is 0. The molecule has 0 aromatic rings. The maximum absolute atomic E-state index is 8.76. The van der Waals surface area contributed by atoms with E-state index in [1.807, 2.05) is 0 Å². The minimum atomic E-state index is -3.43. The van der Waals surface area contributed by atoms with Crippen LogP contribution < -0.4 is 0 Å². The molecule has 0 aromatic carbocycles.